The van der Waals surface area contributed by atoms with Crippen molar-refractivity contribution in [2.24, 2.45) is 0 Å². The maximum Gasteiger partial charge on any atom is 0.0640 e. The van der Waals surface area contributed by atoms with Gasteiger partial charge in [0, 0.05) is 17.8 Å². The molecule has 0 bridgehead atoms. The van der Waals surface area contributed by atoms with Gasteiger partial charge in [-0.05, 0) is 5.92 Å². The Bertz CT molecular complexity index is 267. The minimum Gasteiger partial charge on any atom is -0.258 e. The molecule has 0 aromatic carbocycles. The molecule has 72 valence electrons. The van der Waals surface area contributed by atoms with Crippen molar-refractivity contribution in [3.05, 3.63) is 23.8 Å². The van der Waals surface area contributed by atoms with Crippen molar-refractivity contribution in [1.82, 2.24) is 9.97 Å². The van der Waals surface area contributed by atoms with Gasteiger partial charge in [0.15, 0.2) is 0 Å². The van der Waals surface area contributed by atoms with E-state index in [9.17, 15) is 0 Å². The number of nitrogens with zero attached hydrogens (tertiary/aromatic N) is 2. The second-order valence-electron chi connectivity index (χ2n) is 4.73. The first-order valence-electron chi connectivity index (χ1n) is 4.73. The fraction of sp³-hybridized carbons (Fsp3) is 0.636. The number of hydrogen-bond donors (Lipinski definition) is 0. The molecule has 0 amide bonds. The molecule has 2 heteroatoms. The van der Waals surface area contributed by atoms with Gasteiger partial charge in [-0.25, -0.2) is 0 Å². The molecule has 0 fully saturated rings. The highest BCUT2D eigenvalue weighted by Crippen LogP contribution is 2.19. The second-order valence-corrected chi connectivity index (χ2v) is 4.73. The molecule has 0 unspecified atom stereocenters. The molecule has 13 heavy (non-hydrogen) atoms. The van der Waals surface area contributed by atoms with Crippen LogP contribution in [0.2, 0.25) is 0 Å². The average Bonchev–Trinajstić information content (AvgIpc) is 2.03. The van der Waals surface area contributed by atoms with Crippen LogP contribution < -0.4 is 0 Å². The maximum absolute atomic E-state index is 4.41. The van der Waals surface area contributed by atoms with Crippen LogP contribution in [0.25, 0.3) is 0 Å². The summed E-state index contributed by atoms with van der Waals surface area (Å²) >= 11 is 0. The highest BCUT2D eigenvalue weighted by molar-refractivity contribution is 5.12. The molecule has 1 rings (SSSR count). The van der Waals surface area contributed by atoms with Crippen molar-refractivity contribution in [3.8, 4) is 0 Å². The molecule has 0 radical (unpaired) electrons. The molecular weight excluding hydrogens is 160 g/mol. The summed E-state index contributed by atoms with van der Waals surface area (Å²) in [5.41, 5.74) is 2.22. The summed E-state index contributed by atoms with van der Waals surface area (Å²) in [7, 11) is 0. The van der Waals surface area contributed by atoms with Gasteiger partial charge in [-0.3, -0.25) is 9.97 Å². The van der Waals surface area contributed by atoms with E-state index in [0.717, 1.165) is 11.4 Å². The lowest BCUT2D eigenvalue weighted by Crippen LogP contribution is -2.14. The van der Waals surface area contributed by atoms with Crippen LogP contribution >= 0.6 is 0 Å². The van der Waals surface area contributed by atoms with Crippen LogP contribution in [-0.2, 0) is 5.41 Å². The van der Waals surface area contributed by atoms with Crippen LogP contribution in [0.15, 0.2) is 12.4 Å². The maximum atomic E-state index is 4.41. The quantitative estimate of drug-likeness (QED) is 0.660. The fourth-order valence-corrected chi connectivity index (χ4v) is 1.02. The van der Waals surface area contributed by atoms with E-state index in [1.807, 2.05) is 12.4 Å². The largest absolute Gasteiger partial charge is 0.258 e. The number of aromatic nitrogens is 2. The van der Waals surface area contributed by atoms with Gasteiger partial charge in [-0.2, -0.15) is 0 Å². The van der Waals surface area contributed by atoms with Crippen LogP contribution in [0.4, 0.5) is 0 Å². The molecule has 1 aromatic rings. The van der Waals surface area contributed by atoms with E-state index in [1.54, 1.807) is 0 Å². The van der Waals surface area contributed by atoms with Crippen LogP contribution in [0, 0.1) is 0 Å². The highest BCUT2D eigenvalue weighted by Gasteiger charge is 2.15. The van der Waals surface area contributed by atoms with Crippen molar-refractivity contribution in [2.45, 2.75) is 46.0 Å². The van der Waals surface area contributed by atoms with Crippen LogP contribution in [0.3, 0.4) is 0 Å². The molecular formula is C11H18N2. The van der Waals surface area contributed by atoms with Crippen LogP contribution in [0.5, 0.6) is 0 Å². The van der Waals surface area contributed by atoms with E-state index >= 15 is 0 Å². The van der Waals surface area contributed by atoms with Crippen molar-refractivity contribution < 1.29 is 0 Å². The smallest absolute Gasteiger partial charge is 0.0640 e. The topological polar surface area (TPSA) is 25.8 Å². The highest BCUT2D eigenvalue weighted by atomic mass is 14.8. The van der Waals surface area contributed by atoms with E-state index in [4.69, 9.17) is 0 Å². The predicted octanol–water partition coefficient (Wildman–Crippen LogP) is 2.90. The van der Waals surface area contributed by atoms with E-state index in [1.165, 1.54) is 0 Å². The standard InChI is InChI=1S/C11H18N2/c1-8(2)9-6-13-10(7-12-9)11(3,4)5/h6-8H,1-5H3. The van der Waals surface area contributed by atoms with E-state index in [2.05, 4.69) is 44.6 Å². The average molecular weight is 178 g/mol. The van der Waals surface area contributed by atoms with E-state index in [0.29, 0.717) is 5.92 Å². The number of rotatable bonds is 1. The Morgan fingerprint density at radius 2 is 1.69 bits per heavy atom. The van der Waals surface area contributed by atoms with Crippen molar-refractivity contribution in [3.63, 3.8) is 0 Å². The van der Waals surface area contributed by atoms with Crippen molar-refractivity contribution in [2.75, 3.05) is 0 Å². The normalized spacial score (nSPS) is 12.2. The third kappa shape index (κ3) is 2.51. The molecule has 0 aliphatic heterocycles. The monoisotopic (exact) mass is 178 g/mol. The first-order valence-corrected chi connectivity index (χ1v) is 4.73. The molecule has 0 saturated heterocycles. The molecule has 0 spiro atoms. The Morgan fingerprint density at radius 3 is 2.00 bits per heavy atom. The second kappa shape index (κ2) is 3.44. The van der Waals surface area contributed by atoms with Crippen LogP contribution in [0.1, 0.15) is 51.9 Å². The lowest BCUT2D eigenvalue weighted by molar-refractivity contribution is 0.562. The summed E-state index contributed by atoms with van der Waals surface area (Å²) in [4.78, 5) is 8.79. The van der Waals surface area contributed by atoms with Gasteiger partial charge >= 0.3 is 0 Å². The zero-order valence-corrected chi connectivity index (χ0v) is 9.13. The molecule has 0 N–H and O–H groups in total. The van der Waals surface area contributed by atoms with E-state index < -0.39 is 0 Å². The summed E-state index contributed by atoms with van der Waals surface area (Å²) in [6, 6.07) is 0. The van der Waals surface area contributed by atoms with Gasteiger partial charge < -0.3 is 0 Å². The molecule has 0 aliphatic carbocycles. The first-order chi connectivity index (χ1) is 5.91. The van der Waals surface area contributed by atoms with Gasteiger partial charge in [0.25, 0.3) is 0 Å². The molecule has 2 nitrogen and oxygen atoms in total. The lowest BCUT2D eigenvalue weighted by Gasteiger charge is -2.17. The third-order valence-corrected chi connectivity index (χ3v) is 2.03. The van der Waals surface area contributed by atoms with Gasteiger partial charge in [0.1, 0.15) is 0 Å². The van der Waals surface area contributed by atoms with Gasteiger partial charge in [0.05, 0.1) is 11.4 Å². The van der Waals surface area contributed by atoms with Gasteiger partial charge in [-0.1, -0.05) is 34.6 Å². The Kier molecular flexibility index (Phi) is 2.69. The summed E-state index contributed by atoms with van der Waals surface area (Å²) in [5, 5.41) is 0. The third-order valence-electron chi connectivity index (χ3n) is 2.03. The number of hydrogen-bond acceptors (Lipinski definition) is 2. The SMILES string of the molecule is CC(C)c1cnc(C(C)(C)C)cn1. The molecule has 0 atom stereocenters. The summed E-state index contributed by atoms with van der Waals surface area (Å²) < 4.78 is 0. The van der Waals surface area contributed by atoms with E-state index in [-0.39, 0.29) is 5.41 Å². The van der Waals surface area contributed by atoms with Gasteiger partial charge in [0.2, 0.25) is 0 Å². The zero-order chi connectivity index (χ0) is 10.1. The lowest BCUT2D eigenvalue weighted by atomic mass is 9.92. The summed E-state index contributed by atoms with van der Waals surface area (Å²) in [6.07, 6.45) is 3.76. The van der Waals surface area contributed by atoms with Crippen LogP contribution in [-0.4, -0.2) is 9.97 Å². The molecule has 1 heterocycles. The summed E-state index contributed by atoms with van der Waals surface area (Å²) in [5.74, 6) is 0.460. The van der Waals surface area contributed by atoms with Crippen molar-refractivity contribution in [1.29, 1.82) is 0 Å². The first kappa shape index (κ1) is 10.2. The Hall–Kier alpha value is -0.920. The fourth-order valence-electron chi connectivity index (χ4n) is 1.02. The molecule has 0 aliphatic rings. The Morgan fingerprint density at radius 1 is 1.08 bits per heavy atom. The van der Waals surface area contributed by atoms with Crippen molar-refractivity contribution >= 4 is 0 Å². The Labute approximate surface area is 80.4 Å². The predicted molar refractivity (Wildman–Crippen MR) is 54.8 cm³/mol. The minimum absolute atomic E-state index is 0.0997. The zero-order valence-electron chi connectivity index (χ0n) is 9.13. The molecule has 0 saturated carbocycles. The van der Waals surface area contributed by atoms with Gasteiger partial charge in [-0.15, -0.1) is 0 Å². The molecule has 1 aromatic heterocycles. The Balaban J connectivity index is 2.94. The summed E-state index contributed by atoms with van der Waals surface area (Å²) in [6.45, 7) is 10.7. The minimum atomic E-state index is 0.0997.